The zero-order valence-electron chi connectivity index (χ0n) is 22.3. The van der Waals surface area contributed by atoms with Crippen molar-refractivity contribution in [3.05, 3.63) is 83.4 Å². The van der Waals surface area contributed by atoms with Gasteiger partial charge in [-0.1, -0.05) is 23.7 Å². The van der Waals surface area contributed by atoms with E-state index in [1.165, 1.54) is 48.4 Å². The number of ether oxygens (including phenoxy) is 2. The predicted octanol–water partition coefficient (Wildman–Crippen LogP) is 4.11. The van der Waals surface area contributed by atoms with Gasteiger partial charge in [-0.05, 0) is 80.1 Å². The molecular weight excluding hydrogens is 542 g/mol. The SMILES string of the molecule is CCNC(=O)[C@H](C)N(Cc1ccc(OC)cc1)C(=O)CN(c1ccc(Cl)cc1)S(=O)(=O)c1ccc(OC)cc1. The minimum absolute atomic E-state index is 0.0236. The number of sulfonamides is 1. The predicted molar refractivity (Wildman–Crippen MR) is 151 cm³/mol. The van der Waals surface area contributed by atoms with Crippen LogP contribution >= 0.6 is 11.6 Å². The standard InChI is InChI=1S/C28H32ClN3O6S/c1-5-30-28(34)20(2)31(18-21-6-12-24(37-3)13-7-21)27(33)19-32(23-10-8-22(29)9-11-23)39(35,36)26-16-14-25(38-4)15-17-26/h6-17,20H,5,18-19H2,1-4H3,(H,30,34)/t20-/m0/s1. The third-order valence-electron chi connectivity index (χ3n) is 6.07. The van der Waals surface area contributed by atoms with Crippen molar-refractivity contribution in [2.24, 2.45) is 0 Å². The molecule has 0 aromatic heterocycles. The smallest absolute Gasteiger partial charge is 0.264 e. The zero-order chi connectivity index (χ0) is 28.6. The normalized spacial score (nSPS) is 11.8. The summed E-state index contributed by atoms with van der Waals surface area (Å²) in [5.74, 6) is 0.226. The minimum atomic E-state index is -4.19. The number of carbonyl (C=O) groups is 2. The van der Waals surface area contributed by atoms with Gasteiger partial charge in [-0.25, -0.2) is 8.42 Å². The van der Waals surface area contributed by atoms with Crippen LogP contribution in [0.2, 0.25) is 5.02 Å². The van der Waals surface area contributed by atoms with Crippen LogP contribution in [0.1, 0.15) is 19.4 Å². The van der Waals surface area contributed by atoms with Gasteiger partial charge in [0.15, 0.2) is 0 Å². The summed E-state index contributed by atoms with van der Waals surface area (Å²) in [5.41, 5.74) is 0.995. The molecule has 0 bridgehead atoms. The number of hydrogen-bond acceptors (Lipinski definition) is 6. The monoisotopic (exact) mass is 573 g/mol. The van der Waals surface area contributed by atoms with E-state index in [1.807, 2.05) is 0 Å². The molecule has 3 rings (SSSR count). The first-order valence-electron chi connectivity index (χ1n) is 12.2. The number of nitrogens with zero attached hydrogens (tertiary/aromatic N) is 2. The highest BCUT2D eigenvalue weighted by atomic mass is 35.5. The third-order valence-corrected chi connectivity index (χ3v) is 8.11. The number of anilines is 1. The summed E-state index contributed by atoms with van der Waals surface area (Å²) in [5, 5.41) is 3.15. The summed E-state index contributed by atoms with van der Waals surface area (Å²) in [6.45, 7) is 3.31. The second-order valence-electron chi connectivity index (χ2n) is 8.60. The molecule has 0 radical (unpaired) electrons. The Bertz CT molecular complexity index is 1360. The van der Waals surface area contributed by atoms with E-state index in [4.69, 9.17) is 21.1 Å². The minimum Gasteiger partial charge on any atom is -0.497 e. The fraction of sp³-hybridized carbons (Fsp3) is 0.286. The molecule has 1 N–H and O–H groups in total. The Kier molecular flexibility index (Phi) is 10.2. The molecule has 0 aliphatic heterocycles. The van der Waals surface area contributed by atoms with E-state index in [1.54, 1.807) is 57.4 Å². The van der Waals surface area contributed by atoms with Crippen molar-refractivity contribution in [2.45, 2.75) is 31.3 Å². The Hall–Kier alpha value is -3.76. The van der Waals surface area contributed by atoms with Crippen LogP contribution in [0.3, 0.4) is 0 Å². The van der Waals surface area contributed by atoms with Crippen molar-refractivity contribution in [1.82, 2.24) is 10.2 Å². The van der Waals surface area contributed by atoms with Crippen LogP contribution in [0.4, 0.5) is 5.69 Å². The molecule has 0 unspecified atom stereocenters. The number of methoxy groups -OCH3 is 2. The summed E-state index contributed by atoms with van der Waals surface area (Å²) >= 11 is 6.04. The molecule has 3 aromatic rings. The maximum absolute atomic E-state index is 13.8. The van der Waals surface area contributed by atoms with Crippen molar-refractivity contribution in [3.8, 4) is 11.5 Å². The number of carbonyl (C=O) groups excluding carboxylic acids is 2. The van der Waals surface area contributed by atoms with Crippen molar-refractivity contribution < 1.29 is 27.5 Å². The summed E-state index contributed by atoms with van der Waals surface area (Å²) in [6, 6.07) is 18.2. The molecule has 0 aliphatic carbocycles. The summed E-state index contributed by atoms with van der Waals surface area (Å²) < 4.78 is 39.0. The van der Waals surface area contributed by atoms with Gasteiger partial charge in [-0.2, -0.15) is 0 Å². The molecule has 2 amide bonds. The molecular formula is C28H32ClN3O6S. The fourth-order valence-electron chi connectivity index (χ4n) is 3.84. The van der Waals surface area contributed by atoms with E-state index >= 15 is 0 Å². The maximum atomic E-state index is 13.8. The van der Waals surface area contributed by atoms with Gasteiger partial charge >= 0.3 is 0 Å². The lowest BCUT2D eigenvalue weighted by Gasteiger charge is -2.32. The number of rotatable bonds is 12. The lowest BCUT2D eigenvalue weighted by molar-refractivity contribution is -0.139. The molecule has 0 saturated heterocycles. The van der Waals surface area contributed by atoms with Crippen LogP contribution in [-0.4, -0.2) is 58.5 Å². The number of hydrogen-bond donors (Lipinski definition) is 1. The van der Waals surface area contributed by atoms with Crippen LogP contribution in [0.15, 0.2) is 77.7 Å². The Morgan fingerprint density at radius 3 is 1.95 bits per heavy atom. The largest absolute Gasteiger partial charge is 0.497 e. The Morgan fingerprint density at radius 2 is 1.44 bits per heavy atom. The zero-order valence-corrected chi connectivity index (χ0v) is 23.8. The fourth-order valence-corrected chi connectivity index (χ4v) is 5.38. The quantitative estimate of drug-likeness (QED) is 0.350. The molecule has 0 aliphatic rings. The topological polar surface area (TPSA) is 105 Å². The van der Waals surface area contributed by atoms with Gasteiger partial charge in [-0.15, -0.1) is 0 Å². The molecule has 0 fully saturated rings. The van der Waals surface area contributed by atoms with Gasteiger partial charge in [0.2, 0.25) is 11.8 Å². The second kappa shape index (κ2) is 13.3. The average Bonchev–Trinajstić information content (AvgIpc) is 2.95. The van der Waals surface area contributed by atoms with Gasteiger partial charge in [0, 0.05) is 18.1 Å². The van der Waals surface area contributed by atoms with E-state index in [2.05, 4.69) is 5.32 Å². The van der Waals surface area contributed by atoms with Crippen LogP contribution in [0.5, 0.6) is 11.5 Å². The van der Waals surface area contributed by atoms with E-state index in [0.29, 0.717) is 23.1 Å². The Labute approximate surface area is 234 Å². The molecule has 9 nitrogen and oxygen atoms in total. The average molecular weight is 574 g/mol. The van der Waals surface area contributed by atoms with Gasteiger partial charge in [0.05, 0.1) is 24.8 Å². The molecule has 0 heterocycles. The molecule has 3 aromatic carbocycles. The number of amides is 2. The number of benzene rings is 3. The van der Waals surface area contributed by atoms with Crippen molar-refractivity contribution >= 4 is 39.1 Å². The van der Waals surface area contributed by atoms with E-state index < -0.39 is 28.5 Å². The van der Waals surface area contributed by atoms with Gasteiger partial charge in [-0.3, -0.25) is 13.9 Å². The maximum Gasteiger partial charge on any atom is 0.264 e. The third kappa shape index (κ3) is 7.42. The Balaban J connectivity index is 2.01. The summed E-state index contributed by atoms with van der Waals surface area (Å²) in [6.07, 6.45) is 0. The highest BCUT2D eigenvalue weighted by Crippen LogP contribution is 2.27. The summed E-state index contributed by atoms with van der Waals surface area (Å²) in [4.78, 5) is 27.9. The first-order chi connectivity index (χ1) is 18.6. The van der Waals surface area contributed by atoms with Crippen LogP contribution in [-0.2, 0) is 26.2 Å². The second-order valence-corrected chi connectivity index (χ2v) is 10.9. The number of halogens is 1. The van der Waals surface area contributed by atoms with Crippen molar-refractivity contribution in [2.75, 3.05) is 31.6 Å². The molecule has 11 heteroatoms. The lowest BCUT2D eigenvalue weighted by Crippen LogP contribution is -2.51. The highest BCUT2D eigenvalue weighted by Gasteiger charge is 2.32. The summed E-state index contributed by atoms with van der Waals surface area (Å²) in [7, 11) is -1.15. The van der Waals surface area contributed by atoms with E-state index in [9.17, 15) is 18.0 Å². The number of nitrogens with one attached hydrogen (secondary N) is 1. The van der Waals surface area contributed by atoms with Crippen LogP contribution in [0.25, 0.3) is 0 Å². The van der Waals surface area contributed by atoms with Gasteiger partial charge < -0.3 is 19.7 Å². The van der Waals surface area contributed by atoms with E-state index in [-0.39, 0.29) is 23.0 Å². The van der Waals surface area contributed by atoms with E-state index in [0.717, 1.165) is 9.87 Å². The number of likely N-dealkylation sites (N-methyl/N-ethyl adjacent to an activating group) is 1. The molecule has 208 valence electrons. The molecule has 0 spiro atoms. The van der Waals surface area contributed by atoms with Gasteiger partial charge in [0.1, 0.15) is 24.1 Å². The van der Waals surface area contributed by atoms with Crippen molar-refractivity contribution in [1.29, 1.82) is 0 Å². The van der Waals surface area contributed by atoms with Gasteiger partial charge in [0.25, 0.3) is 10.0 Å². The molecule has 0 saturated carbocycles. The highest BCUT2D eigenvalue weighted by molar-refractivity contribution is 7.92. The first kappa shape index (κ1) is 29.8. The molecule has 39 heavy (non-hydrogen) atoms. The van der Waals surface area contributed by atoms with Crippen molar-refractivity contribution in [3.63, 3.8) is 0 Å². The van der Waals surface area contributed by atoms with Crippen LogP contribution in [0, 0.1) is 0 Å². The molecule has 1 atom stereocenters. The van der Waals surface area contributed by atoms with Crippen LogP contribution < -0.4 is 19.1 Å². The Morgan fingerprint density at radius 1 is 0.897 bits per heavy atom. The first-order valence-corrected chi connectivity index (χ1v) is 14.0. The lowest BCUT2D eigenvalue weighted by atomic mass is 10.1.